The van der Waals surface area contributed by atoms with Crippen LogP contribution in [0.25, 0.3) is 0 Å². The molecule has 0 aliphatic carbocycles. The third kappa shape index (κ3) is 3.26. The Balaban J connectivity index is 1.86. The Morgan fingerprint density at radius 2 is 1.86 bits per heavy atom. The lowest BCUT2D eigenvalue weighted by Crippen LogP contribution is -2.46. The number of fused-ring (bicyclic) bond motifs is 1. The first kappa shape index (κ1) is 20.3. The van der Waals surface area contributed by atoms with Crippen LogP contribution in [0.4, 0.5) is 5.82 Å². The highest BCUT2D eigenvalue weighted by molar-refractivity contribution is 7.87. The summed E-state index contributed by atoms with van der Waals surface area (Å²) in [7, 11) is -2.39. The molecule has 1 aromatic heterocycles. The molecule has 1 saturated heterocycles. The Bertz CT molecular complexity index is 1140. The van der Waals surface area contributed by atoms with E-state index in [2.05, 4.69) is 10.1 Å². The van der Waals surface area contributed by atoms with Gasteiger partial charge in [0.25, 0.3) is 0 Å². The van der Waals surface area contributed by atoms with E-state index in [1.165, 1.54) is 7.05 Å². The van der Waals surface area contributed by atoms with Gasteiger partial charge in [-0.15, -0.1) is 0 Å². The largest absolute Gasteiger partial charge is 0.306 e. The van der Waals surface area contributed by atoms with Gasteiger partial charge >= 0.3 is 10.2 Å². The van der Waals surface area contributed by atoms with E-state index in [9.17, 15) is 13.2 Å². The van der Waals surface area contributed by atoms with Crippen molar-refractivity contribution in [1.29, 1.82) is 0 Å². The van der Waals surface area contributed by atoms with Gasteiger partial charge in [0.05, 0.1) is 28.3 Å². The SMILES string of the molecule is CC1=Nc2cc(C)nn2C(c2ccc(Cl)c(Cl)c2)C1C(=O)N1CCN(C)S1(=O)=O. The summed E-state index contributed by atoms with van der Waals surface area (Å²) in [5.41, 5.74) is 1.95. The molecular formula is C18H19Cl2N5O3S. The van der Waals surface area contributed by atoms with Crippen molar-refractivity contribution in [2.75, 3.05) is 20.1 Å². The number of aliphatic imine (C=N–C) groups is 1. The predicted octanol–water partition coefficient (Wildman–Crippen LogP) is 2.83. The highest BCUT2D eigenvalue weighted by Crippen LogP contribution is 2.40. The highest BCUT2D eigenvalue weighted by Gasteiger charge is 2.46. The zero-order chi connectivity index (χ0) is 21.1. The number of amides is 1. The molecule has 0 radical (unpaired) electrons. The standard InChI is InChI=1S/C18H19Cl2N5O3S/c1-10-8-15-21-11(2)16(18(26)24-7-6-23(3)29(24,27)28)17(25(15)22-10)12-4-5-13(19)14(20)9-12/h4-5,8-9,16-17H,6-7H2,1-3H3. The quantitative estimate of drug-likeness (QED) is 0.696. The minimum atomic E-state index is -3.85. The van der Waals surface area contributed by atoms with E-state index in [1.807, 2.05) is 13.0 Å². The number of likely N-dealkylation sites (N-methyl/N-ethyl adjacent to an activating group) is 1. The lowest BCUT2D eigenvalue weighted by Gasteiger charge is -2.33. The number of hydrogen-bond acceptors (Lipinski definition) is 5. The number of benzene rings is 1. The van der Waals surface area contributed by atoms with Crippen LogP contribution in [0, 0.1) is 12.8 Å². The molecule has 8 nitrogen and oxygen atoms in total. The van der Waals surface area contributed by atoms with E-state index in [4.69, 9.17) is 23.2 Å². The second-order valence-corrected chi connectivity index (χ2v) is 9.95. The summed E-state index contributed by atoms with van der Waals surface area (Å²) < 4.78 is 28.9. The molecule has 29 heavy (non-hydrogen) atoms. The van der Waals surface area contributed by atoms with Gasteiger partial charge in [0.1, 0.15) is 5.92 Å². The number of carbonyl (C=O) groups is 1. The first-order chi connectivity index (χ1) is 13.6. The summed E-state index contributed by atoms with van der Waals surface area (Å²) in [6.07, 6.45) is 0. The molecule has 1 aromatic carbocycles. The maximum Gasteiger partial charge on any atom is 0.306 e. The minimum absolute atomic E-state index is 0.0978. The van der Waals surface area contributed by atoms with Crippen molar-refractivity contribution in [3.63, 3.8) is 0 Å². The molecule has 11 heteroatoms. The molecule has 0 saturated carbocycles. The third-order valence-corrected chi connectivity index (χ3v) is 7.87. The summed E-state index contributed by atoms with van der Waals surface area (Å²) in [5.74, 6) is -0.785. The van der Waals surface area contributed by atoms with Gasteiger partial charge in [-0.25, -0.2) is 14.0 Å². The van der Waals surface area contributed by atoms with Gasteiger partial charge < -0.3 is 0 Å². The second kappa shape index (κ2) is 7.09. The molecule has 154 valence electrons. The number of nitrogens with zero attached hydrogens (tertiary/aromatic N) is 5. The fraction of sp³-hybridized carbons (Fsp3) is 0.389. The Labute approximate surface area is 178 Å². The summed E-state index contributed by atoms with van der Waals surface area (Å²) in [5, 5.41) is 5.24. The molecule has 2 aliphatic rings. The van der Waals surface area contributed by atoms with E-state index in [0.29, 0.717) is 27.1 Å². The average Bonchev–Trinajstić information content (AvgIpc) is 3.14. The molecule has 2 aliphatic heterocycles. The lowest BCUT2D eigenvalue weighted by atomic mass is 9.87. The van der Waals surface area contributed by atoms with E-state index in [-0.39, 0.29) is 13.1 Å². The summed E-state index contributed by atoms with van der Waals surface area (Å²) in [6, 6.07) is 6.31. The fourth-order valence-corrected chi connectivity index (χ4v) is 5.37. The molecule has 2 atom stereocenters. The van der Waals surface area contributed by atoms with Crippen LogP contribution < -0.4 is 0 Å². The molecule has 0 spiro atoms. The fourth-order valence-electron chi connectivity index (χ4n) is 3.76. The lowest BCUT2D eigenvalue weighted by molar-refractivity contribution is -0.129. The van der Waals surface area contributed by atoms with Crippen LogP contribution in [0.1, 0.15) is 24.2 Å². The zero-order valence-corrected chi connectivity index (χ0v) is 18.3. The first-order valence-electron chi connectivity index (χ1n) is 8.95. The van der Waals surface area contributed by atoms with Crippen molar-refractivity contribution >= 4 is 50.8 Å². The van der Waals surface area contributed by atoms with E-state index in [1.54, 1.807) is 29.8 Å². The summed E-state index contributed by atoms with van der Waals surface area (Å²) in [6.45, 7) is 3.91. The van der Waals surface area contributed by atoms with Crippen molar-refractivity contribution in [3.05, 3.63) is 45.6 Å². The monoisotopic (exact) mass is 455 g/mol. The van der Waals surface area contributed by atoms with Crippen molar-refractivity contribution in [2.24, 2.45) is 10.9 Å². The van der Waals surface area contributed by atoms with E-state index in [0.717, 1.165) is 14.3 Å². The zero-order valence-electron chi connectivity index (χ0n) is 16.0. The number of hydrogen-bond donors (Lipinski definition) is 0. The maximum atomic E-state index is 13.5. The van der Waals surface area contributed by atoms with Crippen molar-refractivity contribution < 1.29 is 13.2 Å². The molecule has 3 heterocycles. The number of carbonyl (C=O) groups excluding carboxylic acids is 1. The number of aryl methyl sites for hydroxylation is 1. The van der Waals surface area contributed by atoms with Crippen molar-refractivity contribution in [1.82, 2.24) is 18.4 Å². The molecule has 0 bridgehead atoms. The smallest absolute Gasteiger partial charge is 0.273 e. The van der Waals surface area contributed by atoms with Crippen LogP contribution in [0.5, 0.6) is 0 Å². The van der Waals surface area contributed by atoms with Crippen molar-refractivity contribution in [2.45, 2.75) is 19.9 Å². The molecule has 4 rings (SSSR count). The molecular weight excluding hydrogens is 437 g/mol. The Morgan fingerprint density at radius 1 is 1.14 bits per heavy atom. The van der Waals surface area contributed by atoms with Crippen LogP contribution >= 0.6 is 23.2 Å². The summed E-state index contributed by atoms with van der Waals surface area (Å²) in [4.78, 5) is 18.0. The Morgan fingerprint density at radius 3 is 2.48 bits per heavy atom. The van der Waals surface area contributed by atoms with Crippen LogP contribution in [0.3, 0.4) is 0 Å². The maximum absolute atomic E-state index is 13.5. The summed E-state index contributed by atoms with van der Waals surface area (Å²) >= 11 is 12.3. The number of halogens is 2. The Hall–Kier alpha value is -1.94. The normalized spacial score (nSPS) is 23.8. The molecule has 1 fully saturated rings. The average molecular weight is 456 g/mol. The van der Waals surface area contributed by atoms with Gasteiger partial charge in [-0.1, -0.05) is 29.3 Å². The van der Waals surface area contributed by atoms with Gasteiger partial charge in [0.2, 0.25) is 5.91 Å². The van der Waals surface area contributed by atoms with Crippen molar-refractivity contribution in [3.8, 4) is 0 Å². The third-order valence-electron chi connectivity index (χ3n) is 5.25. The molecule has 1 amide bonds. The van der Waals surface area contributed by atoms with E-state index >= 15 is 0 Å². The number of aromatic nitrogens is 2. The van der Waals surface area contributed by atoms with Crippen LogP contribution in [-0.4, -0.2) is 58.6 Å². The molecule has 2 unspecified atom stereocenters. The van der Waals surface area contributed by atoms with Gasteiger partial charge in [0, 0.05) is 25.4 Å². The van der Waals surface area contributed by atoms with Crippen LogP contribution in [0.15, 0.2) is 29.3 Å². The first-order valence-corrected chi connectivity index (χ1v) is 11.1. The van der Waals surface area contributed by atoms with Gasteiger partial charge in [-0.05, 0) is 31.5 Å². The topological polar surface area (TPSA) is 87.9 Å². The predicted molar refractivity (Wildman–Crippen MR) is 111 cm³/mol. The van der Waals surface area contributed by atoms with Crippen LogP contribution in [-0.2, 0) is 15.0 Å². The Kier molecular flexibility index (Phi) is 4.97. The van der Waals surface area contributed by atoms with Gasteiger partial charge in [0.15, 0.2) is 5.82 Å². The highest BCUT2D eigenvalue weighted by atomic mass is 35.5. The molecule has 0 N–H and O–H groups in total. The molecule has 2 aromatic rings. The van der Waals surface area contributed by atoms with Gasteiger partial charge in [-0.2, -0.15) is 17.8 Å². The second-order valence-electron chi connectivity index (χ2n) is 7.18. The van der Waals surface area contributed by atoms with Gasteiger partial charge in [-0.3, -0.25) is 4.79 Å². The minimum Gasteiger partial charge on any atom is -0.273 e. The number of rotatable bonds is 2. The van der Waals surface area contributed by atoms with Crippen LogP contribution in [0.2, 0.25) is 10.0 Å². The van der Waals surface area contributed by atoms with E-state index < -0.39 is 28.1 Å².